The molecule has 0 bridgehead atoms. The molecular weight excluding hydrogens is 268 g/mol. The van der Waals surface area contributed by atoms with Crippen LogP contribution < -0.4 is 4.90 Å². The number of carboxylic acid groups (broad SMARTS) is 1. The molecule has 1 aromatic heterocycles. The Balaban J connectivity index is 2.30. The maximum Gasteiger partial charge on any atom is 0.335 e. The number of hydrogen-bond acceptors (Lipinski definition) is 5. The van der Waals surface area contributed by atoms with E-state index in [1.54, 1.807) is 29.2 Å². The van der Waals surface area contributed by atoms with Crippen LogP contribution in [0, 0.1) is 0 Å². The molecule has 6 nitrogen and oxygen atoms in total. The fourth-order valence-corrected chi connectivity index (χ4v) is 2.01. The van der Waals surface area contributed by atoms with E-state index in [-0.39, 0.29) is 5.56 Å². The number of anilines is 2. The number of nitrogens with zero attached hydrogens (tertiary/aromatic N) is 4. The van der Waals surface area contributed by atoms with Crippen molar-refractivity contribution in [2.75, 3.05) is 11.9 Å². The van der Waals surface area contributed by atoms with E-state index >= 15 is 0 Å². The summed E-state index contributed by atoms with van der Waals surface area (Å²) in [7, 11) is 1.83. The highest BCUT2D eigenvalue weighted by atomic mass is 16.4. The third-order valence-electron chi connectivity index (χ3n) is 3.30. The summed E-state index contributed by atoms with van der Waals surface area (Å²) < 4.78 is 0. The van der Waals surface area contributed by atoms with Crippen molar-refractivity contribution in [3.63, 3.8) is 0 Å². The second-order valence-electron chi connectivity index (χ2n) is 4.62. The third kappa shape index (κ3) is 3.16. The first-order valence-corrected chi connectivity index (χ1v) is 6.86. The molecule has 0 aliphatic heterocycles. The first-order chi connectivity index (χ1) is 10.1. The Morgan fingerprint density at radius 1 is 1.10 bits per heavy atom. The average Bonchev–Trinajstić information content (AvgIpc) is 2.53. The smallest absolute Gasteiger partial charge is 0.335 e. The van der Waals surface area contributed by atoms with Gasteiger partial charge in [-0.3, -0.25) is 0 Å². The summed E-state index contributed by atoms with van der Waals surface area (Å²) in [6.45, 7) is 4.06. The van der Waals surface area contributed by atoms with E-state index in [9.17, 15) is 4.79 Å². The predicted molar refractivity (Wildman–Crippen MR) is 80.0 cm³/mol. The van der Waals surface area contributed by atoms with Gasteiger partial charge in [0, 0.05) is 12.7 Å². The lowest BCUT2D eigenvalue weighted by atomic mass is 10.2. The number of aromatic carboxylic acids is 1. The highest BCUT2D eigenvalue weighted by Gasteiger charge is 2.12. The van der Waals surface area contributed by atoms with Crippen molar-refractivity contribution in [3.8, 4) is 0 Å². The summed E-state index contributed by atoms with van der Waals surface area (Å²) >= 11 is 0. The van der Waals surface area contributed by atoms with Gasteiger partial charge in [-0.05, 0) is 37.1 Å². The zero-order chi connectivity index (χ0) is 15.4. The molecule has 0 unspecified atom stereocenters. The Kier molecular flexibility index (Phi) is 4.47. The van der Waals surface area contributed by atoms with Gasteiger partial charge < -0.3 is 10.0 Å². The van der Waals surface area contributed by atoms with Gasteiger partial charge in [0.1, 0.15) is 0 Å². The molecule has 21 heavy (non-hydrogen) atoms. The maximum absolute atomic E-state index is 10.9. The van der Waals surface area contributed by atoms with Crippen LogP contribution >= 0.6 is 0 Å². The van der Waals surface area contributed by atoms with E-state index in [0.29, 0.717) is 5.95 Å². The SMILES string of the molecule is CCc1nnc(N(C)c2ccc(C(=O)O)cc2)nc1CC. The number of aryl methyl sites for hydroxylation is 2. The fraction of sp³-hybridized carbons (Fsp3) is 0.333. The van der Waals surface area contributed by atoms with Crippen molar-refractivity contribution < 1.29 is 9.90 Å². The minimum absolute atomic E-state index is 0.252. The fourth-order valence-electron chi connectivity index (χ4n) is 2.01. The van der Waals surface area contributed by atoms with Crippen molar-refractivity contribution in [2.24, 2.45) is 0 Å². The first kappa shape index (κ1) is 14.9. The number of rotatable bonds is 5. The number of hydrogen-bond donors (Lipinski definition) is 1. The number of benzene rings is 1. The lowest BCUT2D eigenvalue weighted by Crippen LogP contribution is -2.16. The third-order valence-corrected chi connectivity index (χ3v) is 3.30. The molecule has 110 valence electrons. The molecule has 1 N–H and O–H groups in total. The van der Waals surface area contributed by atoms with Crippen LogP contribution in [0.25, 0.3) is 0 Å². The summed E-state index contributed by atoms with van der Waals surface area (Å²) in [5, 5.41) is 17.3. The molecule has 0 fully saturated rings. The van der Waals surface area contributed by atoms with Gasteiger partial charge in [0.05, 0.1) is 17.0 Å². The molecular formula is C15H18N4O2. The van der Waals surface area contributed by atoms with Gasteiger partial charge in [-0.15, -0.1) is 10.2 Å². The Morgan fingerprint density at radius 3 is 2.24 bits per heavy atom. The van der Waals surface area contributed by atoms with Gasteiger partial charge in [-0.25, -0.2) is 9.78 Å². The van der Waals surface area contributed by atoms with Crippen LogP contribution in [0.15, 0.2) is 24.3 Å². The Labute approximate surface area is 123 Å². The zero-order valence-electron chi connectivity index (χ0n) is 12.4. The monoisotopic (exact) mass is 286 g/mol. The van der Waals surface area contributed by atoms with Crippen LogP contribution in [0.4, 0.5) is 11.6 Å². The number of carbonyl (C=O) groups is 1. The number of carboxylic acids is 1. The van der Waals surface area contributed by atoms with Crippen LogP contribution in [0.2, 0.25) is 0 Å². The molecule has 6 heteroatoms. The van der Waals surface area contributed by atoms with Crippen LogP contribution in [0.3, 0.4) is 0 Å². The van der Waals surface area contributed by atoms with Gasteiger partial charge in [0.25, 0.3) is 0 Å². The van der Waals surface area contributed by atoms with Gasteiger partial charge >= 0.3 is 5.97 Å². The molecule has 1 heterocycles. The molecule has 2 aromatic rings. The van der Waals surface area contributed by atoms with Crippen LogP contribution in [0.5, 0.6) is 0 Å². The summed E-state index contributed by atoms with van der Waals surface area (Å²) in [4.78, 5) is 17.2. The summed E-state index contributed by atoms with van der Waals surface area (Å²) in [5.41, 5.74) is 2.92. The lowest BCUT2D eigenvalue weighted by molar-refractivity contribution is 0.0697. The van der Waals surface area contributed by atoms with Crippen molar-refractivity contribution in [1.29, 1.82) is 0 Å². The molecule has 0 aliphatic rings. The van der Waals surface area contributed by atoms with E-state index in [1.165, 1.54) is 0 Å². The highest BCUT2D eigenvalue weighted by Crippen LogP contribution is 2.21. The molecule has 0 radical (unpaired) electrons. The van der Waals surface area contributed by atoms with Crippen molar-refractivity contribution in [1.82, 2.24) is 15.2 Å². The van der Waals surface area contributed by atoms with E-state index in [2.05, 4.69) is 15.2 Å². The van der Waals surface area contributed by atoms with E-state index < -0.39 is 5.97 Å². The van der Waals surface area contributed by atoms with E-state index in [4.69, 9.17) is 5.11 Å². The minimum atomic E-state index is -0.942. The molecule has 2 rings (SSSR count). The Bertz CT molecular complexity index is 641. The topological polar surface area (TPSA) is 79.2 Å². The molecule has 0 saturated carbocycles. The average molecular weight is 286 g/mol. The molecule has 1 aromatic carbocycles. The normalized spacial score (nSPS) is 10.4. The van der Waals surface area contributed by atoms with Crippen LogP contribution in [-0.4, -0.2) is 33.3 Å². The van der Waals surface area contributed by atoms with Crippen molar-refractivity contribution in [3.05, 3.63) is 41.2 Å². The van der Waals surface area contributed by atoms with Gasteiger partial charge in [0.15, 0.2) is 0 Å². The van der Waals surface area contributed by atoms with Gasteiger partial charge in [-0.1, -0.05) is 13.8 Å². The zero-order valence-corrected chi connectivity index (χ0v) is 12.4. The second kappa shape index (κ2) is 6.30. The second-order valence-corrected chi connectivity index (χ2v) is 4.62. The maximum atomic E-state index is 10.9. The minimum Gasteiger partial charge on any atom is -0.478 e. The highest BCUT2D eigenvalue weighted by molar-refractivity contribution is 5.88. The predicted octanol–water partition coefficient (Wildman–Crippen LogP) is 2.46. The Morgan fingerprint density at radius 2 is 1.71 bits per heavy atom. The summed E-state index contributed by atoms with van der Waals surface area (Å²) in [6.07, 6.45) is 1.61. The lowest BCUT2D eigenvalue weighted by Gasteiger charge is -2.17. The van der Waals surface area contributed by atoms with Crippen LogP contribution in [0.1, 0.15) is 35.6 Å². The summed E-state index contributed by atoms with van der Waals surface area (Å²) in [5.74, 6) is -0.435. The summed E-state index contributed by atoms with van der Waals surface area (Å²) in [6, 6.07) is 6.57. The van der Waals surface area contributed by atoms with Crippen LogP contribution in [-0.2, 0) is 12.8 Å². The van der Waals surface area contributed by atoms with Crippen molar-refractivity contribution in [2.45, 2.75) is 26.7 Å². The molecule has 0 aliphatic carbocycles. The van der Waals surface area contributed by atoms with E-state index in [1.807, 2.05) is 20.9 Å². The Hall–Kier alpha value is -2.50. The van der Waals surface area contributed by atoms with Gasteiger partial charge in [0.2, 0.25) is 5.95 Å². The molecule has 0 spiro atoms. The first-order valence-electron chi connectivity index (χ1n) is 6.86. The largest absolute Gasteiger partial charge is 0.478 e. The quantitative estimate of drug-likeness (QED) is 0.909. The molecule has 0 atom stereocenters. The van der Waals surface area contributed by atoms with Gasteiger partial charge in [-0.2, -0.15) is 0 Å². The molecule has 0 saturated heterocycles. The van der Waals surface area contributed by atoms with Crippen molar-refractivity contribution >= 4 is 17.6 Å². The number of aromatic nitrogens is 3. The van der Waals surface area contributed by atoms with E-state index in [0.717, 1.165) is 29.9 Å². The standard InChI is InChI=1S/C15H18N4O2/c1-4-12-13(5-2)17-18-15(16-12)19(3)11-8-6-10(7-9-11)14(20)21/h6-9H,4-5H2,1-3H3,(H,20,21). The molecule has 0 amide bonds.